The van der Waals surface area contributed by atoms with Crippen LogP contribution in [0, 0.1) is 5.82 Å². The Labute approximate surface area is 128 Å². The average molecular weight is 334 g/mol. The van der Waals surface area contributed by atoms with Crippen LogP contribution in [0.1, 0.15) is 28.8 Å². The SMILES string of the molecule is NC(=O)[C@@]1(O)CCCN(C(=O)c2cc(F)cc(C(F)(F)F)c2)C1. The third-order valence-corrected chi connectivity index (χ3v) is 3.69. The lowest BCUT2D eigenvalue weighted by Crippen LogP contribution is -2.57. The fourth-order valence-corrected chi connectivity index (χ4v) is 2.47. The number of alkyl halides is 3. The van der Waals surface area contributed by atoms with E-state index in [2.05, 4.69) is 0 Å². The molecule has 3 N–H and O–H groups in total. The summed E-state index contributed by atoms with van der Waals surface area (Å²) in [4.78, 5) is 24.5. The Kier molecular flexibility index (Phi) is 4.34. The van der Waals surface area contributed by atoms with Crippen LogP contribution in [-0.4, -0.2) is 40.5 Å². The highest BCUT2D eigenvalue weighted by Crippen LogP contribution is 2.31. The molecule has 0 aromatic heterocycles. The number of carbonyl (C=O) groups is 2. The van der Waals surface area contributed by atoms with E-state index in [1.807, 2.05) is 0 Å². The summed E-state index contributed by atoms with van der Waals surface area (Å²) >= 11 is 0. The Balaban J connectivity index is 2.30. The van der Waals surface area contributed by atoms with E-state index in [4.69, 9.17) is 5.73 Å². The predicted molar refractivity (Wildman–Crippen MR) is 70.7 cm³/mol. The first-order valence-corrected chi connectivity index (χ1v) is 6.72. The second-order valence-corrected chi connectivity index (χ2v) is 5.45. The summed E-state index contributed by atoms with van der Waals surface area (Å²) in [5.41, 5.74) is 1.34. The Morgan fingerprint density at radius 2 is 1.91 bits per heavy atom. The zero-order valence-electron chi connectivity index (χ0n) is 11.9. The number of carbonyl (C=O) groups excluding carboxylic acids is 2. The second-order valence-electron chi connectivity index (χ2n) is 5.45. The molecule has 1 saturated heterocycles. The number of aliphatic hydroxyl groups is 1. The average Bonchev–Trinajstić information content (AvgIpc) is 2.44. The molecule has 5 nitrogen and oxygen atoms in total. The van der Waals surface area contributed by atoms with Gasteiger partial charge in [0.25, 0.3) is 11.8 Å². The first kappa shape index (κ1) is 17.2. The van der Waals surface area contributed by atoms with Crippen LogP contribution in [0.4, 0.5) is 17.6 Å². The highest BCUT2D eigenvalue weighted by molar-refractivity contribution is 5.95. The van der Waals surface area contributed by atoms with Crippen LogP contribution < -0.4 is 5.73 Å². The van der Waals surface area contributed by atoms with Crippen LogP contribution in [0.2, 0.25) is 0 Å². The number of β-amino-alcohol motifs (C(OH)–C–C–N with tert-alkyl or cyclic N) is 1. The smallest absolute Gasteiger partial charge is 0.378 e. The van der Waals surface area contributed by atoms with Crippen LogP contribution in [-0.2, 0) is 11.0 Å². The van der Waals surface area contributed by atoms with Gasteiger partial charge in [-0.05, 0) is 31.0 Å². The topological polar surface area (TPSA) is 83.6 Å². The molecule has 0 radical (unpaired) electrons. The third kappa shape index (κ3) is 3.61. The maximum Gasteiger partial charge on any atom is 0.416 e. The molecule has 126 valence electrons. The van der Waals surface area contributed by atoms with E-state index in [1.165, 1.54) is 0 Å². The molecule has 0 bridgehead atoms. The van der Waals surface area contributed by atoms with Gasteiger partial charge in [-0.15, -0.1) is 0 Å². The Morgan fingerprint density at radius 3 is 2.48 bits per heavy atom. The molecular weight excluding hydrogens is 320 g/mol. The molecule has 0 unspecified atom stereocenters. The van der Waals surface area contributed by atoms with Gasteiger partial charge in [0, 0.05) is 12.1 Å². The van der Waals surface area contributed by atoms with Gasteiger partial charge in [0.05, 0.1) is 12.1 Å². The molecule has 23 heavy (non-hydrogen) atoms. The minimum atomic E-state index is -4.80. The molecule has 0 spiro atoms. The number of hydrogen-bond acceptors (Lipinski definition) is 3. The number of benzene rings is 1. The minimum Gasteiger partial charge on any atom is -0.378 e. The van der Waals surface area contributed by atoms with Crippen molar-refractivity contribution in [2.75, 3.05) is 13.1 Å². The fraction of sp³-hybridized carbons (Fsp3) is 0.429. The quantitative estimate of drug-likeness (QED) is 0.800. The number of hydrogen-bond donors (Lipinski definition) is 2. The molecule has 2 rings (SSSR count). The molecular formula is C14H14F4N2O3. The molecule has 1 atom stereocenters. The summed E-state index contributed by atoms with van der Waals surface area (Å²) in [5, 5.41) is 10.0. The van der Waals surface area contributed by atoms with Gasteiger partial charge in [-0.3, -0.25) is 9.59 Å². The summed E-state index contributed by atoms with van der Waals surface area (Å²) in [7, 11) is 0. The summed E-state index contributed by atoms with van der Waals surface area (Å²) in [6, 6.07) is 1.49. The minimum absolute atomic E-state index is 0.0447. The van der Waals surface area contributed by atoms with Gasteiger partial charge in [0.1, 0.15) is 5.82 Å². The van der Waals surface area contributed by atoms with Crippen molar-refractivity contribution in [2.45, 2.75) is 24.6 Å². The van der Waals surface area contributed by atoms with E-state index >= 15 is 0 Å². The van der Waals surface area contributed by atoms with Crippen LogP contribution in [0.5, 0.6) is 0 Å². The first-order chi connectivity index (χ1) is 10.5. The van der Waals surface area contributed by atoms with Gasteiger partial charge in [-0.1, -0.05) is 0 Å². The van der Waals surface area contributed by atoms with Crippen molar-refractivity contribution >= 4 is 11.8 Å². The van der Waals surface area contributed by atoms with E-state index in [1.54, 1.807) is 0 Å². The van der Waals surface area contributed by atoms with E-state index in [0.29, 0.717) is 12.1 Å². The van der Waals surface area contributed by atoms with Crippen LogP contribution >= 0.6 is 0 Å². The number of halogens is 4. The lowest BCUT2D eigenvalue weighted by atomic mass is 9.91. The lowest BCUT2D eigenvalue weighted by molar-refractivity contribution is -0.140. The van der Waals surface area contributed by atoms with Crippen LogP contribution in [0.3, 0.4) is 0 Å². The largest absolute Gasteiger partial charge is 0.416 e. The fourth-order valence-electron chi connectivity index (χ4n) is 2.47. The van der Waals surface area contributed by atoms with Gasteiger partial charge in [-0.2, -0.15) is 13.2 Å². The van der Waals surface area contributed by atoms with Gasteiger partial charge in [0.15, 0.2) is 5.60 Å². The van der Waals surface area contributed by atoms with E-state index in [-0.39, 0.29) is 25.5 Å². The predicted octanol–water partition coefficient (Wildman–Crippen LogP) is 1.30. The molecule has 2 amide bonds. The highest BCUT2D eigenvalue weighted by Gasteiger charge is 2.41. The van der Waals surface area contributed by atoms with E-state index < -0.39 is 47.1 Å². The molecule has 9 heteroatoms. The van der Waals surface area contributed by atoms with Crippen molar-refractivity contribution in [3.8, 4) is 0 Å². The first-order valence-electron chi connectivity index (χ1n) is 6.72. The zero-order chi connectivity index (χ0) is 17.4. The van der Waals surface area contributed by atoms with Crippen LogP contribution in [0.15, 0.2) is 18.2 Å². The molecule has 1 aliphatic heterocycles. The number of primary amides is 1. The van der Waals surface area contributed by atoms with Crippen molar-refractivity contribution in [3.63, 3.8) is 0 Å². The summed E-state index contributed by atoms with van der Waals surface area (Å²) in [5.74, 6) is -3.13. The highest BCUT2D eigenvalue weighted by atomic mass is 19.4. The Morgan fingerprint density at radius 1 is 1.26 bits per heavy atom. The summed E-state index contributed by atoms with van der Waals surface area (Å²) in [6.45, 7) is -0.328. The lowest BCUT2D eigenvalue weighted by Gasteiger charge is -2.37. The third-order valence-electron chi connectivity index (χ3n) is 3.69. The molecule has 1 heterocycles. The maximum atomic E-state index is 13.4. The number of rotatable bonds is 2. The summed E-state index contributed by atoms with van der Waals surface area (Å²) < 4.78 is 51.4. The summed E-state index contributed by atoms with van der Waals surface area (Å²) in [6.07, 6.45) is -4.51. The number of piperidine rings is 1. The standard InChI is InChI=1S/C14H14F4N2O3/c15-10-5-8(4-9(6-10)14(16,17)18)11(21)20-3-1-2-13(23,7-20)12(19)22/h4-6,23H,1-3,7H2,(H2,19,22)/t13-/m1/s1. The van der Waals surface area contributed by atoms with Gasteiger partial charge >= 0.3 is 6.18 Å². The molecule has 0 saturated carbocycles. The molecule has 1 aliphatic rings. The molecule has 1 aromatic rings. The van der Waals surface area contributed by atoms with Crippen molar-refractivity contribution < 1.29 is 32.3 Å². The van der Waals surface area contributed by atoms with Crippen molar-refractivity contribution in [1.82, 2.24) is 4.90 Å². The molecule has 0 aliphatic carbocycles. The van der Waals surface area contributed by atoms with Gasteiger partial charge in [0.2, 0.25) is 0 Å². The van der Waals surface area contributed by atoms with E-state index in [0.717, 1.165) is 4.90 Å². The normalized spacial score (nSPS) is 22.0. The van der Waals surface area contributed by atoms with Crippen molar-refractivity contribution in [1.29, 1.82) is 0 Å². The second kappa shape index (κ2) is 5.80. The maximum absolute atomic E-state index is 13.4. The number of nitrogens with zero attached hydrogens (tertiary/aromatic N) is 1. The monoisotopic (exact) mass is 334 g/mol. The number of amides is 2. The molecule has 1 fully saturated rings. The zero-order valence-corrected chi connectivity index (χ0v) is 11.9. The Hall–Kier alpha value is -2.16. The van der Waals surface area contributed by atoms with E-state index in [9.17, 15) is 32.3 Å². The number of likely N-dealkylation sites (tertiary alicyclic amines) is 1. The molecule has 1 aromatic carbocycles. The number of nitrogens with two attached hydrogens (primary N) is 1. The van der Waals surface area contributed by atoms with Crippen molar-refractivity contribution in [3.05, 3.63) is 35.1 Å². The van der Waals surface area contributed by atoms with Crippen molar-refractivity contribution in [2.24, 2.45) is 5.73 Å². The Bertz CT molecular complexity index is 647. The van der Waals surface area contributed by atoms with Gasteiger partial charge < -0.3 is 15.7 Å². The van der Waals surface area contributed by atoms with Gasteiger partial charge in [-0.25, -0.2) is 4.39 Å². The van der Waals surface area contributed by atoms with Crippen LogP contribution in [0.25, 0.3) is 0 Å².